The quantitative estimate of drug-likeness (QED) is 0.456. The van der Waals surface area contributed by atoms with E-state index in [0.717, 1.165) is 18.7 Å². The van der Waals surface area contributed by atoms with Crippen LogP contribution in [0.5, 0.6) is 0 Å². The minimum absolute atomic E-state index is 0. The number of aliphatic carboxylic acids is 1. The number of carboxylic acids is 1. The Kier molecular flexibility index (Phi) is 13.2. The summed E-state index contributed by atoms with van der Waals surface area (Å²) in [7, 11) is 0. The monoisotopic (exact) mass is 361 g/mol. The first-order chi connectivity index (χ1) is 11.2. The summed E-state index contributed by atoms with van der Waals surface area (Å²) >= 11 is 0. The second-order valence-electron chi connectivity index (χ2n) is 6.89. The molecule has 1 heterocycles. The summed E-state index contributed by atoms with van der Waals surface area (Å²) in [6.07, 6.45) is 5.38. The van der Waals surface area contributed by atoms with Crippen LogP contribution < -0.4 is 29.3 Å². The van der Waals surface area contributed by atoms with Gasteiger partial charge in [-0.25, -0.2) is 9.78 Å². The van der Waals surface area contributed by atoms with Gasteiger partial charge in [-0.3, -0.25) is 0 Å². The molecule has 0 saturated heterocycles. The van der Waals surface area contributed by atoms with E-state index in [1.54, 1.807) is 27.1 Å². The van der Waals surface area contributed by atoms with Crippen molar-refractivity contribution in [1.82, 2.24) is 14.9 Å². The summed E-state index contributed by atoms with van der Waals surface area (Å²) in [4.78, 5) is 27.0. The van der Waals surface area contributed by atoms with E-state index in [0.29, 0.717) is 25.8 Å². The molecule has 26 heavy (non-hydrogen) atoms. The van der Waals surface area contributed by atoms with Gasteiger partial charge in [0.25, 0.3) is 0 Å². The molecule has 7 nitrogen and oxygen atoms in total. The Morgan fingerprint density at radius 3 is 2.58 bits per heavy atom. The maximum Gasteiger partial charge on any atom is 1.00 e. The van der Waals surface area contributed by atoms with Gasteiger partial charge in [0.1, 0.15) is 5.60 Å². The molecule has 0 aliphatic carbocycles. The third kappa shape index (κ3) is 11.2. The molecule has 1 amide bonds. The molecule has 1 N–H and O–H groups in total. The van der Waals surface area contributed by atoms with E-state index in [4.69, 9.17) is 4.74 Å². The summed E-state index contributed by atoms with van der Waals surface area (Å²) in [6, 6.07) is 0. The number of imidazole rings is 1. The van der Waals surface area contributed by atoms with Gasteiger partial charge in [-0.15, -0.1) is 0 Å². The van der Waals surface area contributed by atoms with Crippen LogP contribution in [-0.4, -0.2) is 33.8 Å². The number of nitrogens with one attached hydrogen (secondary N) is 1. The Hall–Kier alpha value is -1.45. The number of nitrogens with zero attached hydrogens (tertiary/aromatic N) is 2. The number of carbonyl (C=O) groups is 2. The van der Waals surface area contributed by atoms with Crippen molar-refractivity contribution in [2.75, 3.05) is 6.54 Å². The van der Waals surface area contributed by atoms with E-state index in [2.05, 4.69) is 17.2 Å². The van der Waals surface area contributed by atoms with Crippen molar-refractivity contribution in [3.05, 3.63) is 18.2 Å². The van der Waals surface area contributed by atoms with Crippen LogP contribution in [0.1, 0.15) is 60.1 Å². The van der Waals surface area contributed by atoms with Crippen molar-refractivity contribution in [2.24, 2.45) is 5.92 Å². The van der Waals surface area contributed by atoms with E-state index < -0.39 is 23.6 Å². The van der Waals surface area contributed by atoms with Gasteiger partial charge >= 0.3 is 25.0 Å². The van der Waals surface area contributed by atoms with Crippen molar-refractivity contribution in [3.8, 4) is 0 Å². The number of ether oxygens (including phenoxy) is 1. The number of aryl methyl sites for hydroxylation is 1. The van der Waals surface area contributed by atoms with Crippen molar-refractivity contribution >= 4 is 12.1 Å². The van der Waals surface area contributed by atoms with Gasteiger partial charge < -0.3 is 24.5 Å². The van der Waals surface area contributed by atoms with Gasteiger partial charge in [-0.05, 0) is 46.5 Å². The van der Waals surface area contributed by atoms with E-state index in [1.807, 2.05) is 10.8 Å². The molecule has 1 aromatic heterocycles. The average Bonchev–Trinajstić information content (AvgIpc) is 2.88. The molecule has 0 aliphatic heterocycles. The van der Waals surface area contributed by atoms with Crippen LogP contribution >= 0.6 is 0 Å². The molecule has 0 fully saturated rings. The molecule has 144 valence electrons. The Morgan fingerprint density at radius 1 is 1.38 bits per heavy atom. The average molecular weight is 361 g/mol. The zero-order chi connectivity index (χ0) is 18.2. The van der Waals surface area contributed by atoms with Crippen LogP contribution in [0.3, 0.4) is 0 Å². The van der Waals surface area contributed by atoms with Gasteiger partial charge in [0.2, 0.25) is 0 Å². The van der Waals surface area contributed by atoms with Crippen molar-refractivity contribution in [2.45, 2.75) is 73.0 Å². The first-order valence-electron chi connectivity index (χ1n) is 8.39. The van der Waals surface area contributed by atoms with Crippen LogP contribution in [0.2, 0.25) is 0 Å². The van der Waals surface area contributed by atoms with Crippen molar-refractivity contribution in [1.29, 1.82) is 0 Å². The molecule has 0 aromatic carbocycles. The van der Waals surface area contributed by atoms with Crippen molar-refractivity contribution in [3.63, 3.8) is 0 Å². The van der Waals surface area contributed by atoms with E-state index in [9.17, 15) is 14.7 Å². The van der Waals surface area contributed by atoms with Crippen LogP contribution in [0.15, 0.2) is 12.5 Å². The van der Waals surface area contributed by atoms with E-state index >= 15 is 0 Å². The van der Waals surface area contributed by atoms with Crippen molar-refractivity contribution < 1.29 is 38.3 Å². The molecule has 1 aromatic rings. The van der Waals surface area contributed by atoms with E-state index in [1.165, 1.54) is 0 Å². The minimum Gasteiger partial charge on any atom is -0.550 e. The molecule has 0 bridgehead atoms. The number of hydrogen-bond acceptors (Lipinski definition) is 5. The van der Waals surface area contributed by atoms with Crippen LogP contribution in [-0.2, 0) is 22.5 Å². The summed E-state index contributed by atoms with van der Waals surface area (Å²) in [5, 5.41) is 13.9. The third-order valence-corrected chi connectivity index (χ3v) is 3.35. The second kappa shape index (κ2) is 12.8. The normalized spacial score (nSPS) is 11.7. The molecular formula is C18H32LiN3O4. The second-order valence-corrected chi connectivity index (χ2v) is 6.89. The Morgan fingerprint density at radius 2 is 2.04 bits per heavy atom. The molecule has 1 rings (SSSR count). The minimum atomic E-state index is -1.09. The predicted octanol–water partition coefficient (Wildman–Crippen LogP) is -0.853. The number of hydrogen-bond donors (Lipinski definition) is 1. The maximum absolute atomic E-state index is 11.5. The zero-order valence-electron chi connectivity index (χ0n) is 16.0. The Labute approximate surface area is 169 Å². The van der Waals surface area contributed by atoms with Gasteiger partial charge in [-0.1, -0.05) is 14.4 Å². The van der Waals surface area contributed by atoms with Crippen LogP contribution in [0.4, 0.5) is 4.79 Å². The number of carbonyl (C=O) groups excluding carboxylic acids is 2. The van der Waals surface area contributed by atoms with Gasteiger partial charge in [-0.2, -0.15) is 0 Å². The molecule has 0 aliphatic rings. The molecule has 0 radical (unpaired) electrons. The first-order valence-corrected chi connectivity index (χ1v) is 8.39. The number of aromatic nitrogens is 2. The van der Waals surface area contributed by atoms with Crippen LogP contribution in [0, 0.1) is 5.92 Å². The molecule has 8 heteroatoms. The Bertz CT molecular complexity index is 541. The fourth-order valence-corrected chi connectivity index (χ4v) is 2.30. The first kappa shape index (κ1) is 26.8. The fourth-order valence-electron chi connectivity index (χ4n) is 2.30. The molecular weight excluding hydrogens is 329 g/mol. The molecule has 1 atom stereocenters. The smallest absolute Gasteiger partial charge is 0.550 e. The number of amides is 1. The van der Waals surface area contributed by atoms with Gasteiger partial charge in [0.05, 0.1) is 12.0 Å². The fraction of sp³-hybridized carbons (Fsp3) is 0.722. The molecule has 0 unspecified atom stereocenters. The zero-order valence-corrected chi connectivity index (χ0v) is 16.0. The van der Waals surface area contributed by atoms with Gasteiger partial charge in [0.15, 0.2) is 0 Å². The summed E-state index contributed by atoms with van der Waals surface area (Å²) < 4.78 is 7.07. The summed E-state index contributed by atoms with van der Waals surface area (Å²) in [5.41, 5.74) is 0.201. The Balaban J connectivity index is 0. The predicted molar refractivity (Wildman–Crippen MR) is 94.9 cm³/mol. The standard InChI is InChI=1S/C17H29N3O4.CH4.Li/c1-5-9-20-11-14(19-12-20)10-13(15(21)22)7-6-8-18-16(23)24-17(2,3)4;;/h11-13H,5-10H2,1-4H3,(H,18,23)(H,21,22);1H4;/q;;+1/p-1/t13-;;/m1../s1. The number of carboxylic acid groups (broad SMARTS) is 1. The largest absolute Gasteiger partial charge is 1.00 e. The number of rotatable bonds is 9. The van der Waals surface area contributed by atoms with E-state index in [-0.39, 0.29) is 26.3 Å². The third-order valence-electron chi connectivity index (χ3n) is 3.35. The van der Waals surface area contributed by atoms with Crippen LogP contribution in [0.25, 0.3) is 0 Å². The molecule has 0 spiro atoms. The summed E-state index contributed by atoms with van der Waals surface area (Å²) in [5.74, 6) is -1.70. The summed E-state index contributed by atoms with van der Waals surface area (Å²) in [6.45, 7) is 8.66. The molecule has 0 saturated carbocycles. The maximum atomic E-state index is 11.5. The van der Waals surface area contributed by atoms with Gasteiger partial charge in [0, 0.05) is 31.2 Å². The SMILES string of the molecule is C.CCCn1cnc(C[C@@H](CCCNC(=O)OC(C)(C)C)C(=O)[O-])c1.[Li+]. The topological polar surface area (TPSA) is 96.3 Å². The number of alkyl carbamates (subject to hydrolysis) is 1.